The van der Waals surface area contributed by atoms with Gasteiger partial charge in [0.15, 0.2) is 23.0 Å². The van der Waals surface area contributed by atoms with Crippen LogP contribution >= 0.6 is 0 Å². The summed E-state index contributed by atoms with van der Waals surface area (Å²) in [5.74, 6) is 0.522. The van der Waals surface area contributed by atoms with Gasteiger partial charge in [-0.25, -0.2) is 4.79 Å². The Morgan fingerprint density at radius 3 is 2.04 bits per heavy atom. The van der Waals surface area contributed by atoms with Gasteiger partial charge in [-0.3, -0.25) is 4.79 Å². The lowest BCUT2D eigenvalue weighted by molar-refractivity contribution is 0.0599. The van der Waals surface area contributed by atoms with Crippen LogP contribution in [0.3, 0.4) is 0 Å². The third kappa shape index (κ3) is 3.64. The van der Waals surface area contributed by atoms with Crippen LogP contribution in [0.1, 0.15) is 20.7 Å². The molecule has 2 N–H and O–H groups in total. The minimum Gasteiger partial charge on any atom is -0.493 e. The monoisotopic (exact) mass is 361 g/mol. The van der Waals surface area contributed by atoms with Gasteiger partial charge in [-0.15, -0.1) is 0 Å². The summed E-state index contributed by atoms with van der Waals surface area (Å²) < 4.78 is 26.4. The number of rotatable bonds is 7. The third-order valence-corrected chi connectivity index (χ3v) is 3.54. The maximum absolute atomic E-state index is 11.9. The molecular formula is C18H19NO7. The number of carbonyl (C=O) groups excluding carboxylic acids is 2. The van der Waals surface area contributed by atoms with E-state index < -0.39 is 5.97 Å². The number of hydrogen-bond acceptors (Lipinski definition) is 8. The number of nitrogen functional groups attached to an aromatic ring is 1. The lowest BCUT2D eigenvalue weighted by atomic mass is 10.1. The van der Waals surface area contributed by atoms with Crippen molar-refractivity contribution in [1.82, 2.24) is 0 Å². The summed E-state index contributed by atoms with van der Waals surface area (Å²) in [6.45, 7) is 0. The van der Waals surface area contributed by atoms with Gasteiger partial charge < -0.3 is 29.4 Å². The molecule has 0 fully saturated rings. The van der Waals surface area contributed by atoms with E-state index in [1.54, 1.807) is 0 Å². The maximum Gasteiger partial charge on any atom is 0.338 e. The van der Waals surface area contributed by atoms with Gasteiger partial charge in [0.2, 0.25) is 5.75 Å². The minimum absolute atomic E-state index is 0.163. The van der Waals surface area contributed by atoms with E-state index in [1.807, 2.05) is 0 Å². The third-order valence-electron chi connectivity index (χ3n) is 3.54. The normalized spacial score (nSPS) is 10.0. The van der Waals surface area contributed by atoms with Crippen molar-refractivity contribution in [2.45, 2.75) is 0 Å². The van der Waals surface area contributed by atoms with E-state index in [0.717, 1.165) is 0 Å². The highest BCUT2D eigenvalue weighted by Crippen LogP contribution is 2.45. The number of esters is 1. The molecule has 0 bridgehead atoms. The van der Waals surface area contributed by atoms with Gasteiger partial charge in [-0.2, -0.15) is 0 Å². The fraction of sp³-hybridized carbons (Fsp3) is 0.222. The molecule has 0 aliphatic carbocycles. The summed E-state index contributed by atoms with van der Waals surface area (Å²) in [6, 6.07) is 5.82. The zero-order valence-corrected chi connectivity index (χ0v) is 14.8. The van der Waals surface area contributed by atoms with Crippen LogP contribution in [0.15, 0.2) is 24.3 Å². The largest absolute Gasteiger partial charge is 0.493 e. The van der Waals surface area contributed by atoms with Crippen molar-refractivity contribution < 1.29 is 33.3 Å². The van der Waals surface area contributed by atoms with Crippen LogP contribution < -0.4 is 24.7 Å². The van der Waals surface area contributed by atoms with Crippen molar-refractivity contribution >= 4 is 17.9 Å². The van der Waals surface area contributed by atoms with Crippen LogP contribution in [-0.2, 0) is 4.74 Å². The molecule has 8 nitrogen and oxygen atoms in total. The Hall–Kier alpha value is -3.42. The smallest absolute Gasteiger partial charge is 0.338 e. The molecule has 0 heterocycles. The summed E-state index contributed by atoms with van der Waals surface area (Å²) in [5, 5.41) is 0. The van der Waals surface area contributed by atoms with E-state index in [1.165, 1.54) is 52.7 Å². The van der Waals surface area contributed by atoms with E-state index >= 15 is 0 Å². The minimum atomic E-state index is -0.577. The van der Waals surface area contributed by atoms with Gasteiger partial charge in [0.25, 0.3) is 0 Å². The number of aldehydes is 1. The molecule has 0 unspecified atom stereocenters. The fourth-order valence-electron chi connectivity index (χ4n) is 2.33. The maximum atomic E-state index is 11.9. The van der Waals surface area contributed by atoms with Crippen LogP contribution in [0.4, 0.5) is 5.69 Å². The Bertz CT molecular complexity index is 833. The molecule has 2 aromatic carbocycles. The van der Waals surface area contributed by atoms with Crippen LogP contribution in [0.5, 0.6) is 28.7 Å². The number of anilines is 1. The molecule has 0 aromatic heterocycles. The zero-order chi connectivity index (χ0) is 19.3. The van der Waals surface area contributed by atoms with Crippen molar-refractivity contribution in [1.29, 1.82) is 0 Å². The molecule has 0 saturated heterocycles. The Balaban J connectivity index is 2.61. The van der Waals surface area contributed by atoms with Crippen molar-refractivity contribution in [2.24, 2.45) is 0 Å². The molecule has 0 aliphatic rings. The molecule has 2 aromatic rings. The summed E-state index contributed by atoms with van der Waals surface area (Å²) in [5.41, 5.74) is 6.69. The average Bonchev–Trinajstić information content (AvgIpc) is 2.67. The molecule has 0 saturated carbocycles. The predicted molar refractivity (Wildman–Crippen MR) is 93.8 cm³/mol. The highest BCUT2D eigenvalue weighted by molar-refractivity contribution is 5.91. The van der Waals surface area contributed by atoms with E-state index in [2.05, 4.69) is 0 Å². The first-order valence-corrected chi connectivity index (χ1v) is 7.43. The summed E-state index contributed by atoms with van der Waals surface area (Å²) in [7, 11) is 5.53. The number of nitrogens with two attached hydrogens (primary N) is 1. The first-order chi connectivity index (χ1) is 12.5. The van der Waals surface area contributed by atoms with Gasteiger partial charge >= 0.3 is 5.97 Å². The van der Waals surface area contributed by atoms with Gasteiger partial charge in [-0.1, -0.05) is 0 Å². The van der Waals surface area contributed by atoms with Crippen molar-refractivity contribution in [3.8, 4) is 28.7 Å². The number of hydrogen-bond donors (Lipinski definition) is 1. The molecule has 0 radical (unpaired) electrons. The molecule has 0 atom stereocenters. The number of methoxy groups -OCH3 is 4. The van der Waals surface area contributed by atoms with Crippen molar-refractivity contribution in [3.63, 3.8) is 0 Å². The Kier molecular flexibility index (Phi) is 5.90. The van der Waals surface area contributed by atoms with Crippen molar-refractivity contribution in [3.05, 3.63) is 35.4 Å². The van der Waals surface area contributed by atoms with Gasteiger partial charge in [0, 0.05) is 5.56 Å². The average molecular weight is 361 g/mol. The second kappa shape index (κ2) is 8.11. The topological polar surface area (TPSA) is 106 Å². The van der Waals surface area contributed by atoms with E-state index in [-0.39, 0.29) is 40.0 Å². The lowest BCUT2D eigenvalue weighted by Crippen LogP contribution is -2.05. The fourth-order valence-corrected chi connectivity index (χ4v) is 2.33. The molecule has 26 heavy (non-hydrogen) atoms. The van der Waals surface area contributed by atoms with Gasteiger partial charge in [-0.05, 0) is 24.3 Å². The highest BCUT2D eigenvalue weighted by Gasteiger charge is 2.21. The van der Waals surface area contributed by atoms with Crippen LogP contribution in [0, 0.1) is 0 Å². The summed E-state index contributed by atoms with van der Waals surface area (Å²) in [6.07, 6.45) is 0.643. The molecule has 8 heteroatoms. The lowest BCUT2D eigenvalue weighted by Gasteiger charge is -2.17. The van der Waals surface area contributed by atoms with Crippen molar-refractivity contribution in [2.75, 3.05) is 34.2 Å². The quantitative estimate of drug-likeness (QED) is 0.456. The predicted octanol–water partition coefficient (Wildman–Crippen LogP) is 2.69. The van der Waals surface area contributed by atoms with E-state index in [0.29, 0.717) is 11.8 Å². The second-order valence-corrected chi connectivity index (χ2v) is 5.06. The standard InChI is InChI=1S/C18H19NO7/c1-22-13-6-10(9-20)5-12(19)16(13)26-15-8-11(18(21)25-4)7-14(23-2)17(15)24-3/h5-9H,19H2,1-4H3. The van der Waals surface area contributed by atoms with Crippen LogP contribution in [0.2, 0.25) is 0 Å². The second-order valence-electron chi connectivity index (χ2n) is 5.06. The van der Waals surface area contributed by atoms with Gasteiger partial charge in [0.1, 0.15) is 6.29 Å². The first kappa shape index (κ1) is 18.9. The zero-order valence-electron chi connectivity index (χ0n) is 14.8. The Labute approximate surface area is 150 Å². The molecule has 0 spiro atoms. The summed E-state index contributed by atoms with van der Waals surface area (Å²) >= 11 is 0. The molecule has 0 amide bonds. The first-order valence-electron chi connectivity index (χ1n) is 7.43. The Morgan fingerprint density at radius 1 is 0.885 bits per heavy atom. The molecule has 2 rings (SSSR count). The summed E-state index contributed by atoms with van der Waals surface area (Å²) in [4.78, 5) is 22.9. The van der Waals surface area contributed by atoms with E-state index in [4.69, 9.17) is 29.4 Å². The SMILES string of the molecule is COC(=O)c1cc(OC)c(OC)c(Oc2c(N)cc(C=O)cc2OC)c1. The number of carbonyl (C=O) groups is 2. The molecule has 138 valence electrons. The number of benzene rings is 2. The van der Waals surface area contributed by atoms with Crippen LogP contribution in [0.25, 0.3) is 0 Å². The van der Waals surface area contributed by atoms with E-state index in [9.17, 15) is 9.59 Å². The Morgan fingerprint density at radius 2 is 1.50 bits per heavy atom. The van der Waals surface area contributed by atoms with Gasteiger partial charge in [0.05, 0.1) is 39.7 Å². The number of ether oxygens (including phenoxy) is 5. The van der Waals surface area contributed by atoms with Crippen LogP contribution in [-0.4, -0.2) is 40.7 Å². The highest BCUT2D eigenvalue weighted by atomic mass is 16.5. The molecule has 0 aliphatic heterocycles. The molecular weight excluding hydrogens is 342 g/mol.